The largest absolute Gasteiger partial charge is 0.756 e. The number of phosphoric ester groups is 1. The second-order valence-electron chi connectivity index (χ2n) is 20.3. The fourth-order valence-corrected chi connectivity index (χ4v) is 7.20. The summed E-state index contributed by atoms with van der Waals surface area (Å²) in [5.41, 5.74) is -1.22. The SMILES string of the molecule is COP(=O)([O-])OCC[N+](C)(C)C(CO)CO.C[N+](C)(CC(=O)O)C(CO)(CO)CO.C[N+](C)(CC(=O)[O-])C(CO)CO.C[N+](C)(CCCCC(CO)CO)CC(=O)O.C[N+](C)(CCCS(=O)(=O)[O-])C(CO)CO. The van der Waals surface area contributed by atoms with Crippen LogP contribution in [0.1, 0.15) is 25.7 Å². The Morgan fingerprint density at radius 3 is 1.27 bits per heavy atom. The number of phosphoric acid groups is 1. The minimum atomic E-state index is -4.19. The summed E-state index contributed by atoms with van der Waals surface area (Å²) in [7, 11) is 9.84. The number of likely N-dealkylation sites (N-methyl/N-ethyl adjacent to an activating group) is 5. The lowest BCUT2D eigenvalue weighted by molar-refractivity contribution is -0.937. The molecule has 29 nitrogen and oxygen atoms in total. The molecule has 1 atom stereocenters. The predicted molar refractivity (Wildman–Crippen MR) is 259 cm³/mol. The maximum Gasteiger partial charge on any atom is 0.359 e. The van der Waals surface area contributed by atoms with Crippen molar-refractivity contribution < 1.29 is 140 Å². The van der Waals surface area contributed by atoms with Crippen LogP contribution in [-0.4, -0.2) is 345 Å². The first kappa shape index (κ1) is 79.7. The van der Waals surface area contributed by atoms with Crippen molar-refractivity contribution in [3.05, 3.63) is 0 Å². The van der Waals surface area contributed by atoms with Crippen molar-refractivity contribution >= 4 is 35.8 Å². The lowest BCUT2D eigenvalue weighted by atomic mass is 9.98. The van der Waals surface area contributed by atoms with Gasteiger partial charge in [-0.3, -0.25) is 4.57 Å². The minimum absolute atomic E-state index is 0.0177. The third-order valence-corrected chi connectivity index (χ3v) is 14.2. The quantitative estimate of drug-likeness (QED) is 0.0121. The van der Waals surface area contributed by atoms with E-state index in [1.54, 1.807) is 42.3 Å². The molecule has 31 heteroatoms. The van der Waals surface area contributed by atoms with E-state index >= 15 is 0 Å². The molecule has 0 aliphatic heterocycles. The molecule has 0 radical (unpaired) electrons. The Bertz CT molecular complexity index is 1600. The number of carboxylic acid groups (broad SMARTS) is 3. The zero-order valence-corrected chi connectivity index (χ0v) is 46.7. The molecule has 0 aromatic rings. The van der Waals surface area contributed by atoms with Crippen LogP contribution in [0.5, 0.6) is 0 Å². The molecule has 73 heavy (non-hydrogen) atoms. The van der Waals surface area contributed by atoms with Crippen LogP contribution in [0.25, 0.3) is 0 Å². The summed E-state index contributed by atoms with van der Waals surface area (Å²) in [4.78, 5) is 42.2. The Balaban J connectivity index is -0.000000265. The van der Waals surface area contributed by atoms with Gasteiger partial charge in [0.05, 0.1) is 139 Å². The van der Waals surface area contributed by atoms with Crippen LogP contribution < -0.4 is 10.00 Å². The highest BCUT2D eigenvalue weighted by Crippen LogP contribution is 2.36. The van der Waals surface area contributed by atoms with Crippen LogP contribution in [0.15, 0.2) is 0 Å². The summed E-state index contributed by atoms with van der Waals surface area (Å²) in [6, 6.07) is -1.18. The molecule has 0 heterocycles. The predicted octanol–water partition coefficient (Wildman–Crippen LogP) is -8.15. The number of aliphatic hydroxyl groups excluding tert-OH is 11. The molecule has 0 spiro atoms. The second-order valence-corrected chi connectivity index (χ2v) is 23.4. The van der Waals surface area contributed by atoms with Crippen LogP contribution in [0.2, 0.25) is 0 Å². The van der Waals surface area contributed by atoms with E-state index in [2.05, 4.69) is 9.05 Å². The average Bonchev–Trinajstić information content (AvgIpc) is 3.24. The maximum absolute atomic E-state index is 10.9. The van der Waals surface area contributed by atoms with Gasteiger partial charge in [-0.2, -0.15) is 0 Å². The molecule has 0 amide bonds. The van der Waals surface area contributed by atoms with Crippen molar-refractivity contribution in [3.8, 4) is 0 Å². The summed E-state index contributed by atoms with van der Waals surface area (Å²) in [6.45, 7) is -1.42. The first-order valence-electron chi connectivity index (χ1n) is 23.1. The van der Waals surface area contributed by atoms with Crippen LogP contribution in [0, 0.1) is 5.92 Å². The van der Waals surface area contributed by atoms with Crippen LogP contribution in [-0.2, 0) is 38.1 Å². The van der Waals surface area contributed by atoms with Crippen molar-refractivity contribution in [2.24, 2.45) is 5.92 Å². The number of hydrogen-bond acceptors (Lipinski definition) is 22. The van der Waals surface area contributed by atoms with E-state index in [1.807, 2.05) is 14.1 Å². The summed E-state index contributed by atoms with van der Waals surface area (Å²) in [6.07, 6.45) is 2.85. The zero-order valence-electron chi connectivity index (χ0n) is 45.0. The number of hydrogen-bond donors (Lipinski definition) is 13. The van der Waals surface area contributed by atoms with Crippen molar-refractivity contribution in [1.82, 2.24) is 0 Å². The summed E-state index contributed by atoms with van der Waals surface area (Å²) in [5.74, 6) is -3.46. The molecule has 0 rings (SSSR count). The Labute approximate surface area is 431 Å². The van der Waals surface area contributed by atoms with Crippen molar-refractivity contribution in [3.63, 3.8) is 0 Å². The van der Waals surface area contributed by atoms with Gasteiger partial charge in [0, 0.05) is 38.4 Å². The van der Waals surface area contributed by atoms with Crippen molar-refractivity contribution in [2.75, 3.05) is 202 Å². The van der Waals surface area contributed by atoms with Crippen LogP contribution in [0.4, 0.5) is 0 Å². The fourth-order valence-electron chi connectivity index (χ4n) is 6.30. The van der Waals surface area contributed by atoms with Gasteiger partial charge in [-0.15, -0.1) is 0 Å². The average molecular weight is 1120 g/mol. The number of carbonyl (C=O) groups excluding carboxylic acids is 1. The molecule has 0 aromatic heterocycles. The second kappa shape index (κ2) is 39.2. The highest BCUT2D eigenvalue weighted by Gasteiger charge is 2.45. The highest BCUT2D eigenvalue weighted by atomic mass is 32.2. The lowest BCUT2D eigenvalue weighted by Crippen LogP contribution is -2.67. The normalized spacial score (nSPS) is 13.5. The molecule has 0 saturated heterocycles. The van der Waals surface area contributed by atoms with E-state index < -0.39 is 73.0 Å². The van der Waals surface area contributed by atoms with Gasteiger partial charge >= 0.3 is 11.9 Å². The minimum Gasteiger partial charge on any atom is -0.756 e. The number of aliphatic hydroxyl groups is 11. The van der Waals surface area contributed by atoms with Crippen LogP contribution in [0.3, 0.4) is 0 Å². The molecule has 0 fully saturated rings. The smallest absolute Gasteiger partial charge is 0.359 e. The summed E-state index contributed by atoms with van der Waals surface area (Å²) in [5, 5.41) is 126. The van der Waals surface area contributed by atoms with E-state index in [-0.39, 0.29) is 117 Å². The van der Waals surface area contributed by atoms with Gasteiger partial charge in [0.2, 0.25) is 0 Å². The lowest BCUT2D eigenvalue weighted by Gasteiger charge is -2.44. The van der Waals surface area contributed by atoms with Gasteiger partial charge < -0.3 is 117 Å². The Kier molecular flexibility index (Phi) is 42.8. The molecule has 0 aliphatic rings. The Hall–Kier alpha value is -2.21. The van der Waals surface area contributed by atoms with E-state index in [0.717, 1.165) is 32.9 Å². The molecular formula is C42H96N5O24PS+2. The van der Waals surface area contributed by atoms with E-state index in [0.29, 0.717) is 22.1 Å². The third kappa shape index (κ3) is 38.1. The Morgan fingerprint density at radius 2 is 0.959 bits per heavy atom. The molecule has 13 N–H and O–H groups in total. The molecule has 0 bridgehead atoms. The van der Waals surface area contributed by atoms with Crippen molar-refractivity contribution in [1.29, 1.82) is 0 Å². The highest BCUT2D eigenvalue weighted by molar-refractivity contribution is 7.85. The molecule has 0 aromatic carbocycles. The third-order valence-electron chi connectivity index (χ3n) is 12.4. The van der Waals surface area contributed by atoms with Crippen molar-refractivity contribution in [2.45, 2.75) is 49.3 Å². The summed E-state index contributed by atoms with van der Waals surface area (Å²) >= 11 is 0. The fraction of sp³-hybridized carbons (Fsp3) is 0.929. The van der Waals surface area contributed by atoms with E-state index in [1.165, 1.54) is 14.1 Å². The number of quaternary nitrogens is 5. The van der Waals surface area contributed by atoms with Crippen LogP contribution >= 0.6 is 7.82 Å². The first-order chi connectivity index (χ1) is 33.2. The Morgan fingerprint density at radius 1 is 0.575 bits per heavy atom. The number of unbranched alkanes of at least 4 members (excludes halogenated alkanes) is 1. The summed E-state index contributed by atoms with van der Waals surface area (Å²) < 4.78 is 51.5. The molecule has 0 saturated carbocycles. The number of carboxylic acids is 3. The number of nitrogens with zero attached hydrogens (tertiary/aromatic N) is 5. The topological polar surface area (TPSA) is 453 Å². The molecule has 0 aliphatic carbocycles. The number of carbonyl (C=O) groups is 3. The number of aliphatic carboxylic acids is 3. The first-order valence-corrected chi connectivity index (χ1v) is 26.2. The van der Waals surface area contributed by atoms with Gasteiger partial charge in [0.1, 0.15) is 57.6 Å². The van der Waals surface area contributed by atoms with Gasteiger partial charge in [0.15, 0.2) is 18.6 Å². The molecular weight excluding hydrogens is 1020 g/mol. The monoisotopic (exact) mass is 1120 g/mol. The van der Waals surface area contributed by atoms with Gasteiger partial charge in [-0.05, 0) is 19.3 Å². The zero-order chi connectivity index (χ0) is 58.7. The van der Waals surface area contributed by atoms with Gasteiger partial charge in [-0.25, -0.2) is 18.0 Å². The molecule has 442 valence electrons. The van der Waals surface area contributed by atoms with Gasteiger partial charge in [0.25, 0.3) is 7.82 Å². The maximum atomic E-state index is 10.9. The standard InChI is InChI=1S/C11H23NO4.C8H20NO6P.C8H19NO5S.C8H17NO5.C7H15NO4/c1-12(2,7-11(15)16)6-4-3-5-10(8-13)9-14;1-9(2,8(6-10)7-11)4-5-15-16(12,13)14-3;1-9(2,8(6-10)7-11)4-3-5-15(12,13)14;1-9(2,3-7(13)14)8(4-10,5-11)6-12;1-8(2,3-7(11)12)6(4-9)5-10/h10,13-14H,3-9H2,1-2H3;8,10-11H,4-7H2,1-3H3;8,10-11H,3-7H2,1-2H3;10-12H,3-6H2,1-2H3;6,9-10H,3-5H2,1-2H3/p+2. The number of rotatable bonds is 35. The van der Waals surface area contributed by atoms with E-state index in [9.17, 15) is 41.9 Å². The van der Waals surface area contributed by atoms with E-state index in [4.69, 9.17) is 66.4 Å². The molecule has 1 unspecified atom stereocenters. The van der Waals surface area contributed by atoms with Gasteiger partial charge in [-0.1, -0.05) is 0 Å².